The number of methoxy groups -OCH3 is 1. The van der Waals surface area contributed by atoms with Gasteiger partial charge in [0, 0.05) is 56.1 Å². The molecule has 2 fully saturated rings. The highest BCUT2D eigenvalue weighted by Gasteiger charge is 2.57. The summed E-state index contributed by atoms with van der Waals surface area (Å²) in [5, 5.41) is 16.2. The fraction of sp³-hybridized carbons (Fsp3) is 0.529. The minimum atomic E-state index is -3.78. The van der Waals surface area contributed by atoms with E-state index < -0.39 is 21.6 Å². The van der Waals surface area contributed by atoms with Crippen molar-refractivity contribution < 1.29 is 32.6 Å². The van der Waals surface area contributed by atoms with Gasteiger partial charge in [-0.05, 0) is 73.1 Å². The number of rotatable bonds is 11. The van der Waals surface area contributed by atoms with Gasteiger partial charge >= 0.3 is 5.97 Å². The summed E-state index contributed by atoms with van der Waals surface area (Å²) >= 11 is 0. The molecular formula is C34H44N4O7S. The Bertz CT molecular complexity index is 1760. The lowest BCUT2D eigenvalue weighted by Crippen LogP contribution is -2.53. The number of carbonyl (C=O) groups excluding carboxylic acids is 1. The number of amides is 1. The summed E-state index contributed by atoms with van der Waals surface area (Å²) in [6, 6.07) is 11.7. The first-order valence-corrected chi connectivity index (χ1v) is 17.6. The molecule has 0 radical (unpaired) electrons. The number of hydrogen-bond donors (Lipinski definition) is 2. The number of nitrogens with two attached hydrogens (primary N) is 1. The second-order valence-corrected chi connectivity index (χ2v) is 14.8. The molecule has 1 aromatic heterocycles. The zero-order chi connectivity index (χ0) is 32.8. The zero-order valence-electron chi connectivity index (χ0n) is 26.8. The molecule has 11 nitrogen and oxygen atoms in total. The van der Waals surface area contributed by atoms with Crippen LogP contribution in [0.4, 0.5) is 0 Å². The van der Waals surface area contributed by atoms with Gasteiger partial charge in [-0.1, -0.05) is 25.3 Å². The third kappa shape index (κ3) is 5.69. The second-order valence-electron chi connectivity index (χ2n) is 13.1. The third-order valence-corrected chi connectivity index (χ3v) is 11.6. The molecule has 1 amide bonds. The van der Waals surface area contributed by atoms with Gasteiger partial charge in [-0.15, -0.1) is 0 Å². The van der Waals surface area contributed by atoms with E-state index in [-0.39, 0.29) is 37.1 Å². The lowest BCUT2D eigenvalue weighted by Gasteiger charge is -2.49. The van der Waals surface area contributed by atoms with Crippen LogP contribution in [0.5, 0.6) is 5.75 Å². The third-order valence-electron chi connectivity index (χ3n) is 10.6. The molecule has 2 atom stereocenters. The van der Waals surface area contributed by atoms with E-state index in [2.05, 4.69) is 16.7 Å². The van der Waals surface area contributed by atoms with Crippen LogP contribution in [0.1, 0.15) is 78.3 Å². The van der Waals surface area contributed by atoms with E-state index in [1.165, 1.54) is 19.0 Å². The number of aromatic carboxylic acids is 1. The van der Waals surface area contributed by atoms with Crippen molar-refractivity contribution in [3.63, 3.8) is 0 Å². The number of nitrogens with zero attached hydrogens (tertiary/aromatic N) is 3. The van der Waals surface area contributed by atoms with Gasteiger partial charge in [0.2, 0.25) is 5.91 Å². The number of benzene rings is 2. The molecule has 3 aliphatic rings. The van der Waals surface area contributed by atoms with E-state index in [0.29, 0.717) is 25.4 Å². The topological polar surface area (TPSA) is 144 Å². The molecule has 2 aromatic carbocycles. The van der Waals surface area contributed by atoms with E-state index in [1.54, 1.807) is 31.2 Å². The number of carboxylic acid groups (broad SMARTS) is 1. The standard InChI is InChI=1S/C34H44N4O7S/c1-36(15-17-45-18-16-37(2)46(35,42)43)33(41)34-14-13-28(34)27-20-24(44-3)10-12-25(27)31-30(22-7-5-4-6-8-22)26-11-9-23(32(39)40)19-29(26)38(31)21-34/h9-12,19-20,22,28H,4-8,13-18,21H2,1-3H3,(H,39,40)(H2,35,42,43)/t28-,34-/m1/s1. The first kappa shape index (κ1) is 32.5. The molecular weight excluding hydrogens is 608 g/mol. The van der Waals surface area contributed by atoms with E-state index in [0.717, 1.165) is 69.9 Å². The SMILES string of the molecule is COc1ccc2c(c1)[C@H]1CC[C@@]1(C(=O)N(C)CCOCCN(C)S(N)(=O)=O)Cn1c-2c(C2CCCCC2)c2ccc(C(=O)O)cc21. The predicted molar refractivity (Wildman–Crippen MR) is 175 cm³/mol. The van der Waals surface area contributed by atoms with Crippen LogP contribution in [0.3, 0.4) is 0 Å². The average molecular weight is 653 g/mol. The molecule has 2 aliphatic carbocycles. The summed E-state index contributed by atoms with van der Waals surface area (Å²) in [5.41, 5.74) is 4.94. The smallest absolute Gasteiger partial charge is 0.335 e. The summed E-state index contributed by atoms with van der Waals surface area (Å²) in [5.74, 6) is 0.112. The van der Waals surface area contributed by atoms with Gasteiger partial charge in [0.15, 0.2) is 0 Å². The van der Waals surface area contributed by atoms with E-state index in [4.69, 9.17) is 14.6 Å². The maximum Gasteiger partial charge on any atom is 0.335 e. The van der Waals surface area contributed by atoms with Crippen LogP contribution in [0.25, 0.3) is 22.2 Å². The van der Waals surface area contributed by atoms with Crippen molar-refractivity contribution in [1.29, 1.82) is 0 Å². The molecule has 46 heavy (non-hydrogen) atoms. The van der Waals surface area contributed by atoms with Gasteiger partial charge in [-0.2, -0.15) is 12.7 Å². The van der Waals surface area contributed by atoms with Crippen molar-refractivity contribution >= 4 is 33.0 Å². The Hall–Kier alpha value is -3.45. The minimum Gasteiger partial charge on any atom is -0.497 e. The quantitative estimate of drug-likeness (QED) is 0.289. The van der Waals surface area contributed by atoms with Crippen LogP contribution in [0, 0.1) is 5.41 Å². The number of ether oxygens (including phenoxy) is 2. The number of aromatic nitrogens is 1. The van der Waals surface area contributed by atoms with E-state index in [1.807, 2.05) is 12.1 Å². The summed E-state index contributed by atoms with van der Waals surface area (Å²) in [7, 11) is 1.05. The molecule has 0 spiro atoms. The van der Waals surface area contributed by atoms with Gasteiger partial charge in [0.25, 0.3) is 10.2 Å². The molecule has 0 bridgehead atoms. The van der Waals surface area contributed by atoms with Crippen LogP contribution in [-0.4, -0.2) is 86.7 Å². The maximum atomic E-state index is 14.6. The Morgan fingerprint density at radius 1 is 1.04 bits per heavy atom. The first-order chi connectivity index (χ1) is 22.0. The Balaban J connectivity index is 1.41. The van der Waals surface area contributed by atoms with Gasteiger partial charge in [0.05, 0.1) is 37.0 Å². The van der Waals surface area contributed by atoms with Gasteiger partial charge in [0.1, 0.15) is 5.75 Å². The van der Waals surface area contributed by atoms with Crippen molar-refractivity contribution in [2.24, 2.45) is 10.6 Å². The zero-order valence-corrected chi connectivity index (χ0v) is 27.6. The lowest BCUT2D eigenvalue weighted by atomic mass is 9.56. The summed E-state index contributed by atoms with van der Waals surface area (Å²) in [6.45, 7) is 1.31. The molecule has 2 heterocycles. The van der Waals surface area contributed by atoms with Crippen LogP contribution >= 0.6 is 0 Å². The number of carboxylic acids is 1. The van der Waals surface area contributed by atoms with Crippen molar-refractivity contribution in [3.05, 3.63) is 53.1 Å². The van der Waals surface area contributed by atoms with Gasteiger partial charge in [-0.25, -0.2) is 9.93 Å². The largest absolute Gasteiger partial charge is 0.497 e. The Labute approximate surface area is 270 Å². The number of carbonyl (C=O) groups is 2. The number of hydrogen-bond acceptors (Lipinski definition) is 6. The van der Waals surface area contributed by atoms with Gasteiger partial charge in [-0.3, -0.25) is 4.79 Å². The summed E-state index contributed by atoms with van der Waals surface area (Å²) in [4.78, 5) is 28.4. The molecule has 12 heteroatoms. The molecule has 1 aliphatic heterocycles. The molecule has 2 saturated carbocycles. The number of likely N-dealkylation sites (N-methyl/N-ethyl adjacent to an activating group) is 2. The second kappa shape index (κ2) is 12.6. The van der Waals surface area contributed by atoms with Crippen molar-refractivity contribution in [3.8, 4) is 17.0 Å². The summed E-state index contributed by atoms with van der Waals surface area (Å²) in [6.07, 6.45) is 7.28. The van der Waals surface area contributed by atoms with Crippen molar-refractivity contribution in [2.45, 2.75) is 63.3 Å². The summed E-state index contributed by atoms with van der Waals surface area (Å²) < 4.78 is 37.6. The van der Waals surface area contributed by atoms with Crippen LogP contribution in [-0.2, 0) is 26.3 Å². The van der Waals surface area contributed by atoms with E-state index >= 15 is 0 Å². The molecule has 6 rings (SSSR count). The maximum absolute atomic E-state index is 14.6. The van der Waals surface area contributed by atoms with E-state index in [9.17, 15) is 23.1 Å². The highest BCUT2D eigenvalue weighted by atomic mass is 32.2. The normalized spacial score (nSPS) is 21.2. The monoisotopic (exact) mass is 652 g/mol. The first-order valence-electron chi connectivity index (χ1n) is 16.1. The Morgan fingerprint density at radius 3 is 2.43 bits per heavy atom. The van der Waals surface area contributed by atoms with Crippen LogP contribution < -0.4 is 9.88 Å². The molecule has 0 saturated heterocycles. The van der Waals surface area contributed by atoms with Gasteiger partial charge < -0.3 is 24.0 Å². The molecule has 3 N–H and O–H groups in total. The fourth-order valence-electron chi connectivity index (χ4n) is 7.93. The Kier molecular flexibility index (Phi) is 8.92. The number of fused-ring (bicyclic) bond motifs is 7. The molecule has 3 aromatic rings. The average Bonchev–Trinajstić information content (AvgIpc) is 3.31. The van der Waals surface area contributed by atoms with Crippen LogP contribution in [0.15, 0.2) is 36.4 Å². The molecule has 248 valence electrons. The van der Waals surface area contributed by atoms with Crippen molar-refractivity contribution in [1.82, 2.24) is 13.8 Å². The highest BCUT2D eigenvalue weighted by Crippen LogP contribution is 2.61. The van der Waals surface area contributed by atoms with Crippen molar-refractivity contribution in [2.75, 3.05) is 47.5 Å². The highest BCUT2D eigenvalue weighted by molar-refractivity contribution is 7.86. The molecule has 0 unspecified atom stereocenters. The lowest BCUT2D eigenvalue weighted by molar-refractivity contribution is -0.150. The Morgan fingerprint density at radius 2 is 1.78 bits per heavy atom. The predicted octanol–water partition coefficient (Wildman–Crippen LogP) is 4.55. The van der Waals surface area contributed by atoms with Crippen LogP contribution in [0.2, 0.25) is 0 Å². The fourth-order valence-corrected chi connectivity index (χ4v) is 8.26. The minimum absolute atomic E-state index is 0.0195.